The Balaban J connectivity index is 2.29. The van der Waals surface area contributed by atoms with Crippen LogP contribution in [0.25, 0.3) is 0 Å². The summed E-state index contributed by atoms with van der Waals surface area (Å²) in [5.41, 5.74) is 0.919. The average molecular weight is 359 g/mol. The van der Waals surface area contributed by atoms with Crippen LogP contribution in [-0.4, -0.2) is 59.2 Å². The predicted octanol–water partition coefficient (Wildman–Crippen LogP) is 0.985. The van der Waals surface area contributed by atoms with E-state index in [1.807, 2.05) is 13.0 Å². The van der Waals surface area contributed by atoms with Crippen LogP contribution in [0.3, 0.4) is 0 Å². The molecule has 0 amide bonds. The number of guanidine groups is 1. The molecule has 0 spiro atoms. The van der Waals surface area contributed by atoms with E-state index in [1.54, 1.807) is 6.07 Å². The van der Waals surface area contributed by atoms with Gasteiger partial charge >= 0.3 is 0 Å². The van der Waals surface area contributed by atoms with E-state index in [2.05, 4.69) is 15.6 Å². The van der Waals surface area contributed by atoms with Gasteiger partial charge in [0.25, 0.3) is 0 Å². The lowest BCUT2D eigenvalue weighted by molar-refractivity contribution is 0.157. The van der Waals surface area contributed by atoms with Gasteiger partial charge in [-0.3, -0.25) is 4.99 Å². The number of hydrogen-bond acceptors (Lipinski definition) is 4. The Kier molecular flexibility index (Phi) is 9.33. The molecule has 8 heteroatoms. The molecule has 2 N–H and O–H groups in total. The van der Waals surface area contributed by atoms with Crippen LogP contribution in [0, 0.1) is 5.82 Å². The number of hydrogen-bond donors (Lipinski definition) is 2. The Bertz CT molecular complexity index is 621. The quantitative estimate of drug-likeness (QED) is 0.370. The number of benzene rings is 1. The molecule has 0 atom stereocenters. The molecule has 0 bridgehead atoms. The van der Waals surface area contributed by atoms with E-state index in [-0.39, 0.29) is 18.2 Å². The maximum absolute atomic E-state index is 13.1. The van der Waals surface area contributed by atoms with E-state index in [0.29, 0.717) is 32.1 Å². The standard InChI is InChI=1S/C16H26FN3O3S/c1-3-18-16(20-9-10-23-11-12-24(2,21)22)19-8-7-14-5-4-6-15(17)13-14/h4-6,13H,3,7-12H2,1-2H3,(H2,18,19,20). The molecule has 6 nitrogen and oxygen atoms in total. The monoisotopic (exact) mass is 359 g/mol. The summed E-state index contributed by atoms with van der Waals surface area (Å²) >= 11 is 0. The summed E-state index contributed by atoms with van der Waals surface area (Å²) in [5.74, 6) is 0.433. The van der Waals surface area contributed by atoms with Crippen molar-refractivity contribution < 1.29 is 17.5 Å². The lowest BCUT2D eigenvalue weighted by atomic mass is 10.1. The maximum atomic E-state index is 13.1. The lowest BCUT2D eigenvalue weighted by Gasteiger charge is -2.11. The van der Waals surface area contributed by atoms with E-state index in [9.17, 15) is 12.8 Å². The van der Waals surface area contributed by atoms with Crippen molar-refractivity contribution in [1.82, 2.24) is 10.6 Å². The fourth-order valence-electron chi connectivity index (χ4n) is 1.89. The molecule has 24 heavy (non-hydrogen) atoms. The number of ether oxygens (including phenoxy) is 1. The Morgan fingerprint density at radius 3 is 2.75 bits per heavy atom. The van der Waals surface area contributed by atoms with Gasteiger partial charge in [-0.1, -0.05) is 12.1 Å². The summed E-state index contributed by atoms with van der Waals surface area (Å²) in [6.07, 6.45) is 1.87. The van der Waals surface area contributed by atoms with Crippen LogP contribution in [0.15, 0.2) is 29.3 Å². The molecule has 0 saturated carbocycles. The summed E-state index contributed by atoms with van der Waals surface area (Å²) in [6.45, 7) is 4.28. The predicted molar refractivity (Wildman–Crippen MR) is 94.6 cm³/mol. The van der Waals surface area contributed by atoms with Crippen molar-refractivity contribution in [1.29, 1.82) is 0 Å². The van der Waals surface area contributed by atoms with Crippen molar-refractivity contribution in [3.05, 3.63) is 35.6 Å². The van der Waals surface area contributed by atoms with Gasteiger partial charge in [-0.05, 0) is 31.0 Å². The van der Waals surface area contributed by atoms with Crippen molar-refractivity contribution in [3.8, 4) is 0 Å². The lowest BCUT2D eigenvalue weighted by Crippen LogP contribution is -2.38. The van der Waals surface area contributed by atoms with Gasteiger partial charge in [0.15, 0.2) is 5.96 Å². The largest absolute Gasteiger partial charge is 0.378 e. The Labute approximate surface area is 143 Å². The number of nitrogens with zero attached hydrogens (tertiary/aromatic N) is 1. The van der Waals surface area contributed by atoms with Gasteiger partial charge in [0, 0.05) is 19.3 Å². The van der Waals surface area contributed by atoms with Crippen LogP contribution >= 0.6 is 0 Å². The third-order valence-electron chi connectivity index (χ3n) is 3.04. The Morgan fingerprint density at radius 2 is 2.08 bits per heavy atom. The zero-order valence-electron chi connectivity index (χ0n) is 14.2. The van der Waals surface area contributed by atoms with Gasteiger partial charge in [0.05, 0.1) is 25.5 Å². The third-order valence-corrected chi connectivity index (χ3v) is 3.95. The number of aliphatic imine (C=N–C) groups is 1. The van der Waals surface area contributed by atoms with E-state index in [4.69, 9.17) is 4.74 Å². The summed E-state index contributed by atoms with van der Waals surface area (Å²) in [7, 11) is -2.99. The van der Waals surface area contributed by atoms with E-state index in [0.717, 1.165) is 12.1 Å². The summed E-state index contributed by atoms with van der Waals surface area (Å²) in [5, 5.41) is 6.28. The SMILES string of the molecule is CCNC(=NCCOCCS(C)(=O)=O)NCCc1cccc(F)c1. The Hall–Kier alpha value is -1.67. The van der Waals surface area contributed by atoms with Crippen molar-refractivity contribution >= 4 is 15.8 Å². The second-order valence-electron chi connectivity index (χ2n) is 5.31. The average Bonchev–Trinajstić information content (AvgIpc) is 2.49. The van der Waals surface area contributed by atoms with Crippen LogP contribution in [0.4, 0.5) is 4.39 Å². The van der Waals surface area contributed by atoms with Gasteiger partial charge < -0.3 is 15.4 Å². The highest BCUT2D eigenvalue weighted by Gasteiger charge is 2.01. The second-order valence-corrected chi connectivity index (χ2v) is 7.57. The first-order chi connectivity index (χ1) is 11.4. The minimum Gasteiger partial charge on any atom is -0.378 e. The molecule has 1 aromatic carbocycles. The summed E-state index contributed by atoms with van der Waals surface area (Å²) in [4.78, 5) is 4.34. The van der Waals surface area contributed by atoms with Gasteiger partial charge in [-0.2, -0.15) is 0 Å². The molecule has 0 aliphatic rings. The molecule has 0 heterocycles. The normalized spacial score (nSPS) is 12.2. The molecule has 0 aliphatic heterocycles. The Morgan fingerprint density at radius 1 is 1.29 bits per heavy atom. The number of nitrogens with one attached hydrogen (secondary N) is 2. The third kappa shape index (κ3) is 10.2. The van der Waals surface area contributed by atoms with Crippen LogP contribution < -0.4 is 10.6 Å². The van der Waals surface area contributed by atoms with E-state index < -0.39 is 9.84 Å². The van der Waals surface area contributed by atoms with E-state index >= 15 is 0 Å². The molecule has 0 aromatic heterocycles. The fraction of sp³-hybridized carbons (Fsp3) is 0.562. The van der Waals surface area contributed by atoms with Gasteiger partial charge in [0.1, 0.15) is 15.7 Å². The van der Waals surface area contributed by atoms with Crippen LogP contribution in [-0.2, 0) is 21.0 Å². The first-order valence-corrected chi connectivity index (χ1v) is 9.99. The highest BCUT2D eigenvalue weighted by Crippen LogP contribution is 2.03. The smallest absolute Gasteiger partial charge is 0.191 e. The summed E-state index contributed by atoms with van der Waals surface area (Å²) < 4.78 is 40.3. The van der Waals surface area contributed by atoms with Gasteiger partial charge in [0.2, 0.25) is 0 Å². The first kappa shape index (κ1) is 20.4. The zero-order chi connectivity index (χ0) is 17.8. The molecule has 1 rings (SSSR count). The van der Waals surface area contributed by atoms with Crippen LogP contribution in [0.5, 0.6) is 0 Å². The van der Waals surface area contributed by atoms with Gasteiger partial charge in [-0.25, -0.2) is 12.8 Å². The minimum atomic E-state index is -2.99. The maximum Gasteiger partial charge on any atom is 0.191 e. The molecule has 0 saturated heterocycles. The van der Waals surface area contributed by atoms with Crippen LogP contribution in [0.1, 0.15) is 12.5 Å². The molecule has 0 radical (unpaired) electrons. The fourth-order valence-corrected chi connectivity index (χ4v) is 2.31. The molecular formula is C16H26FN3O3S. The number of rotatable bonds is 10. The topological polar surface area (TPSA) is 79.8 Å². The van der Waals surface area contributed by atoms with Crippen LogP contribution in [0.2, 0.25) is 0 Å². The van der Waals surface area contributed by atoms with Crippen molar-refractivity contribution in [3.63, 3.8) is 0 Å². The second kappa shape index (κ2) is 11.0. The highest BCUT2D eigenvalue weighted by atomic mass is 32.2. The van der Waals surface area contributed by atoms with E-state index in [1.165, 1.54) is 18.4 Å². The molecular weight excluding hydrogens is 333 g/mol. The van der Waals surface area contributed by atoms with Crippen molar-refractivity contribution in [2.45, 2.75) is 13.3 Å². The van der Waals surface area contributed by atoms with Crippen molar-refractivity contribution in [2.24, 2.45) is 4.99 Å². The molecule has 0 aliphatic carbocycles. The molecule has 136 valence electrons. The molecule has 1 aromatic rings. The first-order valence-electron chi connectivity index (χ1n) is 7.93. The number of halogens is 1. The molecule has 0 unspecified atom stereocenters. The highest BCUT2D eigenvalue weighted by molar-refractivity contribution is 7.90. The zero-order valence-corrected chi connectivity index (χ0v) is 15.0. The van der Waals surface area contributed by atoms with Crippen molar-refractivity contribution in [2.75, 3.05) is 44.9 Å². The minimum absolute atomic E-state index is 0.0165. The number of sulfone groups is 1. The van der Waals surface area contributed by atoms with Gasteiger partial charge in [-0.15, -0.1) is 0 Å². The molecule has 0 fully saturated rings. The summed E-state index contributed by atoms with van der Waals surface area (Å²) in [6, 6.07) is 6.51.